The van der Waals surface area contributed by atoms with Gasteiger partial charge in [0.1, 0.15) is 28.7 Å². The van der Waals surface area contributed by atoms with Crippen molar-refractivity contribution in [3.05, 3.63) is 71.5 Å². The molecular weight excluding hydrogens is 511 g/mol. The van der Waals surface area contributed by atoms with Gasteiger partial charge in [-0.05, 0) is 85.5 Å². The molecule has 204 valence electrons. The lowest BCUT2D eigenvalue weighted by Gasteiger charge is -2.26. The number of methoxy groups -OCH3 is 1. The van der Waals surface area contributed by atoms with E-state index in [0.29, 0.717) is 62.5 Å². The van der Waals surface area contributed by atoms with Gasteiger partial charge in [0.2, 0.25) is 0 Å². The third-order valence-corrected chi connectivity index (χ3v) is 9.03. The van der Waals surface area contributed by atoms with Crippen molar-refractivity contribution in [2.75, 3.05) is 20.8 Å². The Hall–Kier alpha value is -4.33. The monoisotopic (exact) mass is 540 g/mol. The molecule has 7 rings (SSSR count). The van der Waals surface area contributed by atoms with Crippen LogP contribution in [0.15, 0.2) is 59.0 Å². The van der Waals surface area contributed by atoms with Gasteiger partial charge in [-0.15, -0.1) is 0 Å². The second-order valence-electron chi connectivity index (χ2n) is 11.1. The summed E-state index contributed by atoms with van der Waals surface area (Å²) in [6, 6.07) is 14.9. The molecule has 1 heterocycles. The summed E-state index contributed by atoms with van der Waals surface area (Å²) < 4.78 is 31.4. The van der Waals surface area contributed by atoms with E-state index < -0.39 is 0 Å². The van der Waals surface area contributed by atoms with Crippen molar-refractivity contribution in [2.45, 2.75) is 31.7 Å². The van der Waals surface area contributed by atoms with E-state index in [2.05, 4.69) is 10.6 Å². The number of benzene rings is 3. The van der Waals surface area contributed by atoms with Crippen LogP contribution in [0.4, 0.5) is 4.39 Å². The van der Waals surface area contributed by atoms with Crippen LogP contribution < -0.4 is 20.1 Å². The Morgan fingerprint density at radius 1 is 1.02 bits per heavy atom. The minimum atomic E-state index is -0.382. The van der Waals surface area contributed by atoms with Crippen LogP contribution in [0.3, 0.4) is 0 Å². The van der Waals surface area contributed by atoms with Crippen LogP contribution in [0.5, 0.6) is 11.5 Å². The number of carbonyl (C=O) groups excluding carboxylic acids is 2. The summed E-state index contributed by atoms with van der Waals surface area (Å²) in [7, 11) is 3.10. The highest BCUT2D eigenvalue weighted by Gasteiger charge is 2.89. The molecule has 3 unspecified atom stereocenters. The molecule has 7 nitrogen and oxygen atoms in total. The van der Waals surface area contributed by atoms with Gasteiger partial charge >= 0.3 is 0 Å². The van der Waals surface area contributed by atoms with Gasteiger partial charge in [-0.3, -0.25) is 9.59 Å². The lowest BCUT2D eigenvalue weighted by molar-refractivity contribution is 0.0901. The molecule has 40 heavy (non-hydrogen) atoms. The summed E-state index contributed by atoms with van der Waals surface area (Å²) >= 11 is 0. The fourth-order valence-electron chi connectivity index (χ4n) is 6.85. The molecular formula is C32H29FN2O5. The predicted molar refractivity (Wildman–Crippen MR) is 148 cm³/mol. The summed E-state index contributed by atoms with van der Waals surface area (Å²) in [4.78, 5) is 26.6. The molecule has 2 N–H and O–H groups in total. The number of halogens is 1. The fraction of sp³-hybridized carbons (Fsp3) is 0.312. The van der Waals surface area contributed by atoms with E-state index in [-0.39, 0.29) is 23.2 Å². The first kappa shape index (κ1) is 24.7. The molecule has 0 saturated heterocycles. The van der Waals surface area contributed by atoms with E-state index in [1.807, 2.05) is 25.1 Å². The molecule has 3 aromatic carbocycles. The minimum absolute atomic E-state index is 0.0406. The Bertz CT molecular complexity index is 1710. The molecule has 3 aliphatic rings. The summed E-state index contributed by atoms with van der Waals surface area (Å²) in [5.41, 5.74) is 3.58. The third kappa shape index (κ3) is 3.48. The largest absolute Gasteiger partial charge is 0.496 e. The van der Waals surface area contributed by atoms with Gasteiger partial charge in [0, 0.05) is 35.2 Å². The summed E-state index contributed by atoms with van der Waals surface area (Å²) in [6.07, 6.45) is 3.36. The zero-order valence-corrected chi connectivity index (χ0v) is 22.5. The number of hydrogen-bond acceptors (Lipinski definition) is 5. The van der Waals surface area contributed by atoms with Crippen molar-refractivity contribution < 1.29 is 27.9 Å². The topological polar surface area (TPSA) is 89.8 Å². The van der Waals surface area contributed by atoms with Crippen molar-refractivity contribution in [1.29, 1.82) is 0 Å². The van der Waals surface area contributed by atoms with E-state index in [9.17, 15) is 14.0 Å². The number of ether oxygens (including phenoxy) is 2. The average Bonchev–Trinajstić information content (AvgIpc) is 3.63. The molecule has 0 aliphatic heterocycles. The van der Waals surface area contributed by atoms with Gasteiger partial charge in [-0.25, -0.2) is 4.39 Å². The van der Waals surface area contributed by atoms with Crippen molar-refractivity contribution in [1.82, 2.24) is 10.6 Å². The Morgan fingerprint density at radius 2 is 1.80 bits per heavy atom. The fourth-order valence-corrected chi connectivity index (χ4v) is 6.85. The SMILES string of the molecule is CCOc1cc2oc(-c3ccc(F)cc3)c(C(=O)NC)c2cc1-c1ccc(OC)c(C(=O)NC23CC4CC42C3)c1. The van der Waals surface area contributed by atoms with Crippen molar-refractivity contribution in [3.63, 3.8) is 0 Å². The highest BCUT2D eigenvalue weighted by atomic mass is 19.1. The zero-order chi connectivity index (χ0) is 27.8. The molecule has 3 atom stereocenters. The van der Waals surface area contributed by atoms with Crippen LogP contribution in [-0.2, 0) is 0 Å². The highest BCUT2D eigenvalue weighted by Crippen LogP contribution is 2.89. The van der Waals surface area contributed by atoms with Gasteiger partial charge in [0.15, 0.2) is 0 Å². The maximum Gasteiger partial charge on any atom is 0.255 e. The van der Waals surface area contributed by atoms with Crippen LogP contribution in [0.25, 0.3) is 33.4 Å². The molecule has 0 radical (unpaired) electrons. The molecule has 1 aromatic heterocycles. The number of nitrogens with one attached hydrogen (secondary N) is 2. The highest BCUT2D eigenvalue weighted by molar-refractivity contribution is 6.12. The standard InChI is InChI=1S/C32H29FN2O5/c1-4-39-25-13-26-22(27(30(37)34-2)28(40-26)17-5-8-20(33)9-6-17)12-21(25)18-7-10-24(38-3)23(11-18)29(36)35-32-15-19-14-31(19,32)16-32/h5-13,19H,4,14-16H2,1-3H3,(H,34,37)(H,35,36). The molecule has 4 aromatic rings. The maximum absolute atomic E-state index is 13.6. The minimum Gasteiger partial charge on any atom is -0.496 e. The molecule has 1 spiro atoms. The van der Waals surface area contributed by atoms with Gasteiger partial charge in [0.25, 0.3) is 11.8 Å². The van der Waals surface area contributed by atoms with Gasteiger partial charge in [-0.1, -0.05) is 6.07 Å². The van der Waals surface area contributed by atoms with Crippen LogP contribution in [-0.4, -0.2) is 38.1 Å². The average molecular weight is 541 g/mol. The van der Waals surface area contributed by atoms with Crippen molar-refractivity contribution >= 4 is 22.8 Å². The molecule has 3 aliphatic carbocycles. The van der Waals surface area contributed by atoms with Crippen molar-refractivity contribution in [2.24, 2.45) is 11.3 Å². The van der Waals surface area contributed by atoms with E-state index in [1.165, 1.54) is 18.6 Å². The number of hydrogen-bond donors (Lipinski definition) is 2. The Kier molecular flexibility index (Phi) is 5.30. The third-order valence-electron chi connectivity index (χ3n) is 9.03. The van der Waals surface area contributed by atoms with Crippen molar-refractivity contribution in [3.8, 4) is 33.9 Å². The van der Waals surface area contributed by atoms with E-state index >= 15 is 0 Å². The Balaban J connectivity index is 1.35. The van der Waals surface area contributed by atoms with Gasteiger partial charge in [0.05, 0.1) is 24.8 Å². The van der Waals surface area contributed by atoms with E-state index in [0.717, 1.165) is 24.3 Å². The Labute approximate surface area is 230 Å². The number of fused-ring (bicyclic) bond motifs is 1. The normalized spacial score (nSPS) is 23.4. The van der Waals surface area contributed by atoms with Crippen LogP contribution in [0, 0.1) is 17.2 Å². The van der Waals surface area contributed by atoms with E-state index in [4.69, 9.17) is 13.9 Å². The first-order valence-corrected chi connectivity index (χ1v) is 13.6. The van der Waals surface area contributed by atoms with Crippen LogP contribution in [0.1, 0.15) is 46.9 Å². The first-order valence-electron chi connectivity index (χ1n) is 13.6. The van der Waals surface area contributed by atoms with Crippen LogP contribution in [0.2, 0.25) is 0 Å². The number of amides is 2. The maximum atomic E-state index is 13.6. The number of rotatable bonds is 8. The quantitative estimate of drug-likeness (QED) is 0.288. The van der Waals surface area contributed by atoms with Gasteiger partial charge < -0.3 is 24.5 Å². The molecule has 3 fully saturated rings. The summed E-state index contributed by atoms with van der Waals surface area (Å²) in [5, 5.41) is 6.56. The smallest absolute Gasteiger partial charge is 0.255 e. The zero-order valence-electron chi connectivity index (χ0n) is 22.5. The molecule has 2 amide bonds. The lowest BCUT2D eigenvalue weighted by Crippen LogP contribution is -2.43. The van der Waals surface area contributed by atoms with E-state index in [1.54, 1.807) is 38.4 Å². The molecule has 0 bridgehead atoms. The first-order chi connectivity index (χ1) is 19.3. The predicted octanol–water partition coefficient (Wildman–Crippen LogP) is 5.96. The van der Waals surface area contributed by atoms with Crippen LogP contribution >= 0.6 is 0 Å². The van der Waals surface area contributed by atoms with Gasteiger partial charge in [-0.2, -0.15) is 0 Å². The molecule has 3 saturated carbocycles. The summed E-state index contributed by atoms with van der Waals surface area (Å²) in [5.74, 6) is 1.30. The number of carbonyl (C=O) groups is 2. The molecule has 8 heteroatoms. The second-order valence-corrected chi connectivity index (χ2v) is 11.1. The number of furan rings is 1. The summed E-state index contributed by atoms with van der Waals surface area (Å²) in [6.45, 7) is 2.29. The Morgan fingerprint density at radius 3 is 2.42 bits per heavy atom. The second kappa shape index (κ2) is 8.58. The lowest BCUT2D eigenvalue weighted by atomic mass is 9.92.